The molecule has 1 aromatic carbocycles. The number of benzene rings is 1. The van der Waals surface area contributed by atoms with E-state index in [9.17, 15) is 9.59 Å². The third-order valence-electron chi connectivity index (χ3n) is 2.14. The molecule has 0 aliphatic heterocycles. The Labute approximate surface area is 105 Å². The molecule has 0 aliphatic carbocycles. The van der Waals surface area contributed by atoms with Crippen LogP contribution < -0.4 is 21.5 Å². The molecular formula is C12H17N3O3. The van der Waals surface area contributed by atoms with E-state index in [1.807, 2.05) is 0 Å². The maximum absolute atomic E-state index is 11.5. The molecule has 0 aromatic heterocycles. The van der Waals surface area contributed by atoms with Gasteiger partial charge in [0.2, 0.25) is 5.91 Å². The third-order valence-corrected chi connectivity index (χ3v) is 2.14. The zero-order valence-corrected chi connectivity index (χ0v) is 10.2. The fraction of sp³-hybridized carbons (Fsp3) is 0.333. The fourth-order valence-electron chi connectivity index (χ4n) is 1.42. The summed E-state index contributed by atoms with van der Waals surface area (Å²) in [6.07, 6.45) is 0.101. The summed E-state index contributed by atoms with van der Waals surface area (Å²) in [5, 5.41) is 2.60. The number of rotatable bonds is 6. The number of nitrogens with one attached hydrogen (secondary N) is 1. The number of carbonyl (C=O) groups excluding carboxylic acids is 2. The van der Waals surface area contributed by atoms with Crippen LogP contribution in [0.1, 0.15) is 13.3 Å². The molecule has 0 spiro atoms. The monoisotopic (exact) mass is 251 g/mol. The van der Waals surface area contributed by atoms with Crippen LogP contribution >= 0.6 is 0 Å². The largest absolute Gasteiger partial charge is 0.484 e. The molecule has 2 amide bonds. The molecule has 1 atom stereocenters. The van der Waals surface area contributed by atoms with Crippen LogP contribution in [0, 0.1) is 0 Å². The Kier molecular flexibility index (Phi) is 4.98. The number of anilines is 1. The highest BCUT2D eigenvalue weighted by Gasteiger charge is 2.10. The van der Waals surface area contributed by atoms with Crippen LogP contribution in [-0.4, -0.2) is 24.5 Å². The number of amides is 2. The van der Waals surface area contributed by atoms with Crippen molar-refractivity contribution >= 4 is 17.5 Å². The van der Waals surface area contributed by atoms with E-state index in [4.69, 9.17) is 16.2 Å². The van der Waals surface area contributed by atoms with Gasteiger partial charge in [0.1, 0.15) is 5.75 Å². The van der Waals surface area contributed by atoms with Crippen molar-refractivity contribution in [1.29, 1.82) is 0 Å². The number of primary amides is 1. The Hall–Kier alpha value is -2.24. The molecule has 1 rings (SSSR count). The normalized spacial score (nSPS) is 11.6. The van der Waals surface area contributed by atoms with Gasteiger partial charge in [-0.15, -0.1) is 0 Å². The van der Waals surface area contributed by atoms with Crippen LogP contribution in [0.4, 0.5) is 5.69 Å². The number of nitrogen functional groups attached to an aromatic ring is 1. The molecule has 6 nitrogen and oxygen atoms in total. The van der Waals surface area contributed by atoms with Crippen molar-refractivity contribution in [1.82, 2.24) is 5.32 Å². The molecule has 0 aliphatic rings. The van der Waals surface area contributed by atoms with E-state index in [0.717, 1.165) is 0 Å². The minimum atomic E-state index is -0.459. The highest BCUT2D eigenvalue weighted by molar-refractivity contribution is 5.79. The van der Waals surface area contributed by atoms with Gasteiger partial charge in [-0.3, -0.25) is 9.59 Å². The quantitative estimate of drug-likeness (QED) is 0.620. The zero-order chi connectivity index (χ0) is 13.5. The second-order valence-electron chi connectivity index (χ2n) is 4.00. The summed E-state index contributed by atoms with van der Waals surface area (Å²) in [7, 11) is 0. The van der Waals surface area contributed by atoms with Crippen LogP contribution in [-0.2, 0) is 9.59 Å². The van der Waals surface area contributed by atoms with E-state index in [1.165, 1.54) is 0 Å². The summed E-state index contributed by atoms with van der Waals surface area (Å²) < 4.78 is 5.25. The Morgan fingerprint density at radius 1 is 1.44 bits per heavy atom. The van der Waals surface area contributed by atoms with E-state index in [2.05, 4.69) is 5.32 Å². The van der Waals surface area contributed by atoms with Crippen LogP contribution in [0.25, 0.3) is 0 Å². The number of hydrogen-bond acceptors (Lipinski definition) is 4. The van der Waals surface area contributed by atoms with Gasteiger partial charge in [-0.2, -0.15) is 0 Å². The first kappa shape index (κ1) is 13.8. The van der Waals surface area contributed by atoms with Crippen molar-refractivity contribution < 1.29 is 14.3 Å². The molecule has 1 aromatic rings. The molecule has 0 heterocycles. The average Bonchev–Trinajstić information content (AvgIpc) is 2.25. The van der Waals surface area contributed by atoms with Crippen molar-refractivity contribution in [3.8, 4) is 5.75 Å². The number of ether oxygens (including phenoxy) is 1. The Balaban J connectivity index is 2.35. The maximum Gasteiger partial charge on any atom is 0.258 e. The summed E-state index contributed by atoms with van der Waals surface area (Å²) in [5.41, 5.74) is 11.1. The predicted octanol–water partition coefficient (Wildman–Crippen LogP) is 0.0277. The molecule has 0 fully saturated rings. The lowest BCUT2D eigenvalue weighted by Crippen LogP contribution is -2.38. The SMILES string of the molecule is CC(CC(N)=O)NC(=O)COc1cccc(N)c1. The van der Waals surface area contributed by atoms with Crippen molar-refractivity contribution in [2.24, 2.45) is 5.73 Å². The zero-order valence-electron chi connectivity index (χ0n) is 10.2. The van der Waals surface area contributed by atoms with E-state index < -0.39 is 5.91 Å². The average molecular weight is 251 g/mol. The summed E-state index contributed by atoms with van der Waals surface area (Å²) in [6, 6.07) is 6.48. The van der Waals surface area contributed by atoms with Crippen molar-refractivity contribution in [2.45, 2.75) is 19.4 Å². The molecule has 6 heteroatoms. The van der Waals surface area contributed by atoms with Gasteiger partial charge < -0.3 is 21.5 Å². The molecule has 1 unspecified atom stereocenters. The molecule has 98 valence electrons. The topological polar surface area (TPSA) is 107 Å². The molecule has 0 saturated carbocycles. The molecule has 0 saturated heterocycles. The van der Waals surface area contributed by atoms with Crippen LogP contribution in [0.3, 0.4) is 0 Å². The standard InChI is InChI=1S/C12H17N3O3/c1-8(5-11(14)16)15-12(17)7-18-10-4-2-3-9(13)6-10/h2-4,6,8H,5,7,13H2,1H3,(H2,14,16)(H,15,17). The molecule has 0 radical (unpaired) electrons. The first-order valence-electron chi connectivity index (χ1n) is 5.53. The van der Waals surface area contributed by atoms with Crippen molar-refractivity contribution in [3.05, 3.63) is 24.3 Å². The van der Waals surface area contributed by atoms with Gasteiger partial charge in [0, 0.05) is 24.2 Å². The Morgan fingerprint density at radius 2 is 2.17 bits per heavy atom. The maximum atomic E-state index is 11.5. The van der Waals surface area contributed by atoms with Gasteiger partial charge in [-0.1, -0.05) is 6.07 Å². The van der Waals surface area contributed by atoms with E-state index in [1.54, 1.807) is 31.2 Å². The van der Waals surface area contributed by atoms with Crippen molar-refractivity contribution in [2.75, 3.05) is 12.3 Å². The van der Waals surface area contributed by atoms with Crippen LogP contribution in [0.15, 0.2) is 24.3 Å². The summed E-state index contributed by atoms with van der Waals surface area (Å²) in [5.74, 6) is -0.251. The number of nitrogens with two attached hydrogens (primary N) is 2. The third kappa shape index (κ3) is 5.20. The van der Waals surface area contributed by atoms with Crippen LogP contribution in [0.5, 0.6) is 5.75 Å². The Morgan fingerprint density at radius 3 is 2.78 bits per heavy atom. The second-order valence-corrected chi connectivity index (χ2v) is 4.00. The number of hydrogen-bond donors (Lipinski definition) is 3. The van der Waals surface area contributed by atoms with Gasteiger partial charge in [-0.25, -0.2) is 0 Å². The minimum absolute atomic E-state index is 0.101. The van der Waals surface area contributed by atoms with E-state index in [-0.39, 0.29) is 25.0 Å². The molecule has 0 bridgehead atoms. The fourth-order valence-corrected chi connectivity index (χ4v) is 1.42. The van der Waals surface area contributed by atoms with Gasteiger partial charge in [0.25, 0.3) is 5.91 Å². The predicted molar refractivity (Wildman–Crippen MR) is 67.8 cm³/mol. The lowest BCUT2D eigenvalue weighted by molar-refractivity contribution is -0.124. The lowest BCUT2D eigenvalue weighted by Gasteiger charge is -2.12. The second kappa shape index (κ2) is 6.48. The van der Waals surface area contributed by atoms with Gasteiger partial charge >= 0.3 is 0 Å². The van der Waals surface area contributed by atoms with Crippen LogP contribution in [0.2, 0.25) is 0 Å². The molecule has 5 N–H and O–H groups in total. The van der Waals surface area contributed by atoms with Gasteiger partial charge in [0.05, 0.1) is 0 Å². The minimum Gasteiger partial charge on any atom is -0.484 e. The smallest absolute Gasteiger partial charge is 0.258 e. The lowest BCUT2D eigenvalue weighted by atomic mass is 10.2. The summed E-state index contributed by atoms with van der Waals surface area (Å²) >= 11 is 0. The summed E-state index contributed by atoms with van der Waals surface area (Å²) in [4.78, 5) is 22.1. The first-order valence-corrected chi connectivity index (χ1v) is 5.53. The summed E-state index contributed by atoms with van der Waals surface area (Å²) in [6.45, 7) is 1.57. The molecule has 18 heavy (non-hydrogen) atoms. The molecular weight excluding hydrogens is 234 g/mol. The number of carbonyl (C=O) groups is 2. The van der Waals surface area contributed by atoms with Gasteiger partial charge in [0.15, 0.2) is 6.61 Å². The highest BCUT2D eigenvalue weighted by atomic mass is 16.5. The van der Waals surface area contributed by atoms with Crippen molar-refractivity contribution in [3.63, 3.8) is 0 Å². The highest BCUT2D eigenvalue weighted by Crippen LogP contribution is 2.13. The first-order chi connectivity index (χ1) is 8.47. The Bertz CT molecular complexity index is 434. The van der Waals surface area contributed by atoms with E-state index >= 15 is 0 Å². The van der Waals surface area contributed by atoms with E-state index in [0.29, 0.717) is 11.4 Å². The van der Waals surface area contributed by atoms with Gasteiger partial charge in [-0.05, 0) is 19.1 Å².